The number of halogens is 1. The zero-order valence-corrected chi connectivity index (χ0v) is 15.6. The van der Waals surface area contributed by atoms with Gasteiger partial charge in [0.15, 0.2) is 0 Å². The highest BCUT2D eigenvalue weighted by molar-refractivity contribution is 9.10. The Morgan fingerprint density at radius 2 is 2.04 bits per heavy atom. The Bertz CT molecular complexity index is 857. The summed E-state index contributed by atoms with van der Waals surface area (Å²) in [5, 5.41) is 5.03. The fourth-order valence-corrected chi connectivity index (χ4v) is 3.20. The fraction of sp³-hybridized carbons (Fsp3) is 0.222. The smallest absolute Gasteiger partial charge is 0.310 e. The average Bonchev–Trinajstić information content (AvgIpc) is 2.91. The van der Waals surface area contributed by atoms with Gasteiger partial charge in [-0.2, -0.15) is 0 Å². The molecule has 0 saturated carbocycles. The number of anilines is 1. The molecule has 2 heterocycles. The number of carbonyl (C=O) groups is 3. The molecule has 0 aliphatic carbocycles. The molecule has 0 radical (unpaired) electrons. The number of nitrogens with zero attached hydrogens (tertiary/aromatic N) is 2. The normalized spacial score (nSPS) is 15.5. The van der Waals surface area contributed by atoms with Gasteiger partial charge in [-0.3, -0.25) is 19.4 Å². The number of rotatable bonds is 4. The first-order valence-corrected chi connectivity index (χ1v) is 8.90. The second-order valence-corrected chi connectivity index (χ2v) is 6.61. The molecule has 1 aromatic heterocycles. The van der Waals surface area contributed by atoms with E-state index in [2.05, 4.69) is 31.5 Å². The van der Waals surface area contributed by atoms with Gasteiger partial charge < -0.3 is 15.5 Å². The van der Waals surface area contributed by atoms with Crippen molar-refractivity contribution < 1.29 is 14.4 Å². The highest BCUT2D eigenvalue weighted by Gasteiger charge is 2.38. The number of likely N-dealkylation sites (N-methyl/N-ethyl adjacent to an activating group) is 1. The minimum Gasteiger partial charge on any atom is -0.342 e. The van der Waals surface area contributed by atoms with Crippen LogP contribution in [0.4, 0.5) is 5.69 Å². The van der Waals surface area contributed by atoms with Crippen molar-refractivity contribution in [3.63, 3.8) is 0 Å². The van der Waals surface area contributed by atoms with Gasteiger partial charge in [-0.05, 0) is 37.3 Å². The molecule has 0 saturated heterocycles. The van der Waals surface area contributed by atoms with Crippen LogP contribution >= 0.6 is 15.9 Å². The molecular weight excluding hydrogens is 400 g/mol. The predicted molar refractivity (Wildman–Crippen MR) is 99.1 cm³/mol. The first kappa shape index (κ1) is 18.1. The van der Waals surface area contributed by atoms with Crippen molar-refractivity contribution in [2.24, 2.45) is 0 Å². The maximum atomic E-state index is 12.6. The number of pyridine rings is 1. The first-order valence-electron chi connectivity index (χ1n) is 8.10. The minimum absolute atomic E-state index is 0.134. The Morgan fingerprint density at radius 1 is 1.23 bits per heavy atom. The van der Waals surface area contributed by atoms with E-state index in [-0.39, 0.29) is 12.5 Å². The highest BCUT2D eigenvalue weighted by atomic mass is 79.9. The van der Waals surface area contributed by atoms with Gasteiger partial charge in [-0.25, -0.2) is 0 Å². The number of hydrogen-bond donors (Lipinski definition) is 2. The molecule has 0 bridgehead atoms. The third-order valence-corrected chi connectivity index (χ3v) is 4.55. The number of aromatic nitrogens is 1. The van der Waals surface area contributed by atoms with Crippen LogP contribution in [0.15, 0.2) is 47.1 Å². The molecule has 2 N–H and O–H groups in total. The van der Waals surface area contributed by atoms with Crippen LogP contribution in [0.2, 0.25) is 0 Å². The van der Waals surface area contributed by atoms with Gasteiger partial charge in [0.1, 0.15) is 6.04 Å². The molecule has 0 spiro atoms. The predicted octanol–water partition coefficient (Wildman–Crippen LogP) is 1.68. The lowest BCUT2D eigenvalue weighted by atomic mass is 10.1. The Hall–Kier alpha value is -2.74. The molecule has 7 nitrogen and oxygen atoms in total. The maximum absolute atomic E-state index is 12.6. The molecule has 0 fully saturated rings. The first-order chi connectivity index (χ1) is 12.5. The minimum atomic E-state index is -0.879. The topological polar surface area (TPSA) is 91.4 Å². The van der Waals surface area contributed by atoms with Gasteiger partial charge >= 0.3 is 11.8 Å². The van der Waals surface area contributed by atoms with E-state index in [1.807, 2.05) is 19.1 Å². The van der Waals surface area contributed by atoms with Gasteiger partial charge in [-0.15, -0.1) is 0 Å². The second kappa shape index (κ2) is 7.65. The molecule has 1 unspecified atom stereocenters. The van der Waals surface area contributed by atoms with Gasteiger partial charge in [0.2, 0.25) is 0 Å². The van der Waals surface area contributed by atoms with Gasteiger partial charge in [0.05, 0.1) is 12.2 Å². The van der Waals surface area contributed by atoms with Crippen LogP contribution in [0.1, 0.15) is 24.2 Å². The third kappa shape index (κ3) is 3.60. The van der Waals surface area contributed by atoms with Gasteiger partial charge in [-0.1, -0.05) is 22.0 Å². The summed E-state index contributed by atoms with van der Waals surface area (Å²) in [6.45, 7) is 2.47. The molecule has 8 heteroatoms. The summed E-state index contributed by atoms with van der Waals surface area (Å²) in [5.74, 6) is -1.93. The fourth-order valence-electron chi connectivity index (χ4n) is 2.83. The number of hydrogen-bond acceptors (Lipinski definition) is 4. The van der Waals surface area contributed by atoms with Crippen LogP contribution in [0.25, 0.3) is 0 Å². The molecule has 1 atom stereocenters. The zero-order chi connectivity index (χ0) is 18.7. The molecule has 2 aromatic rings. The lowest BCUT2D eigenvalue weighted by Crippen LogP contribution is -2.44. The molecule has 1 aromatic carbocycles. The monoisotopic (exact) mass is 416 g/mol. The largest absolute Gasteiger partial charge is 0.342 e. The molecule has 3 rings (SSSR count). The lowest BCUT2D eigenvalue weighted by Gasteiger charge is -2.15. The number of amides is 3. The van der Waals surface area contributed by atoms with E-state index in [0.29, 0.717) is 17.8 Å². The number of benzene rings is 1. The van der Waals surface area contributed by atoms with Crippen molar-refractivity contribution >= 4 is 39.3 Å². The Labute approximate surface area is 158 Å². The Morgan fingerprint density at radius 3 is 2.73 bits per heavy atom. The van der Waals surface area contributed by atoms with E-state index in [9.17, 15) is 14.4 Å². The van der Waals surface area contributed by atoms with Crippen LogP contribution in [0, 0.1) is 0 Å². The van der Waals surface area contributed by atoms with Gasteiger partial charge in [0, 0.05) is 28.5 Å². The van der Waals surface area contributed by atoms with Crippen LogP contribution in [-0.2, 0) is 20.9 Å². The average molecular weight is 417 g/mol. The van der Waals surface area contributed by atoms with E-state index in [1.165, 1.54) is 0 Å². The summed E-state index contributed by atoms with van der Waals surface area (Å²) in [5.41, 5.74) is 2.04. The van der Waals surface area contributed by atoms with E-state index in [1.54, 1.807) is 35.4 Å². The summed E-state index contributed by atoms with van der Waals surface area (Å²) in [7, 11) is 0. The highest BCUT2D eigenvalue weighted by Crippen LogP contribution is 2.37. The van der Waals surface area contributed by atoms with E-state index >= 15 is 0 Å². The lowest BCUT2D eigenvalue weighted by molar-refractivity contribution is -0.140. The number of fused-ring (bicyclic) bond motifs is 1. The summed E-state index contributed by atoms with van der Waals surface area (Å²) < 4.78 is 0.792. The maximum Gasteiger partial charge on any atom is 0.310 e. The van der Waals surface area contributed by atoms with Crippen molar-refractivity contribution in [1.29, 1.82) is 0 Å². The van der Waals surface area contributed by atoms with Crippen molar-refractivity contribution in [2.45, 2.75) is 19.5 Å². The van der Waals surface area contributed by atoms with Crippen molar-refractivity contribution in [3.05, 3.63) is 58.3 Å². The van der Waals surface area contributed by atoms with Crippen molar-refractivity contribution in [2.75, 3.05) is 11.4 Å². The summed E-state index contributed by atoms with van der Waals surface area (Å²) in [4.78, 5) is 42.5. The SMILES string of the molecule is CCN1C(=O)C(NC(=O)C(=O)NCc2ccccn2)c2cc(Br)ccc21. The quantitative estimate of drug-likeness (QED) is 0.741. The molecule has 134 valence electrons. The van der Waals surface area contributed by atoms with Gasteiger partial charge in [0.25, 0.3) is 5.91 Å². The van der Waals surface area contributed by atoms with E-state index < -0.39 is 17.9 Å². The van der Waals surface area contributed by atoms with Crippen molar-refractivity contribution in [1.82, 2.24) is 15.6 Å². The van der Waals surface area contributed by atoms with Crippen LogP contribution < -0.4 is 15.5 Å². The summed E-state index contributed by atoms with van der Waals surface area (Å²) in [6, 6.07) is 9.84. The van der Waals surface area contributed by atoms with Crippen molar-refractivity contribution in [3.8, 4) is 0 Å². The molecule has 1 aliphatic rings. The van der Waals surface area contributed by atoms with E-state index in [4.69, 9.17) is 0 Å². The molecule has 1 aliphatic heterocycles. The zero-order valence-electron chi connectivity index (χ0n) is 14.0. The summed E-state index contributed by atoms with van der Waals surface area (Å²) >= 11 is 3.37. The van der Waals surface area contributed by atoms with Crippen LogP contribution in [-0.4, -0.2) is 29.3 Å². The Kier molecular flexibility index (Phi) is 5.32. The second-order valence-electron chi connectivity index (χ2n) is 5.70. The Balaban J connectivity index is 1.70. The van der Waals surface area contributed by atoms with Crippen LogP contribution in [0.3, 0.4) is 0 Å². The molecule has 3 amide bonds. The standard InChI is InChI=1S/C18H17BrN4O3/c1-2-23-14-7-6-11(19)9-13(14)15(18(23)26)22-17(25)16(24)21-10-12-5-3-4-8-20-12/h3-9,15H,2,10H2,1H3,(H,21,24)(H,22,25). The molecular formula is C18H17BrN4O3. The third-order valence-electron chi connectivity index (χ3n) is 4.06. The summed E-state index contributed by atoms with van der Waals surface area (Å²) in [6.07, 6.45) is 1.60. The molecule has 26 heavy (non-hydrogen) atoms. The van der Waals surface area contributed by atoms with Crippen LogP contribution in [0.5, 0.6) is 0 Å². The number of carbonyl (C=O) groups excluding carboxylic acids is 3. The van der Waals surface area contributed by atoms with E-state index in [0.717, 1.165) is 10.2 Å². The number of nitrogens with one attached hydrogen (secondary N) is 2.